The van der Waals surface area contributed by atoms with E-state index in [0.29, 0.717) is 11.1 Å². The molecule has 0 saturated carbocycles. The number of aliphatic hydroxyl groups excluding tert-OH is 2. The van der Waals surface area contributed by atoms with Crippen LogP contribution in [0.3, 0.4) is 0 Å². The van der Waals surface area contributed by atoms with Gasteiger partial charge in [0, 0.05) is 23.5 Å². The summed E-state index contributed by atoms with van der Waals surface area (Å²) in [6.07, 6.45) is 0.426. The summed E-state index contributed by atoms with van der Waals surface area (Å²) in [7, 11) is -4.80. The van der Waals surface area contributed by atoms with Gasteiger partial charge in [-0.1, -0.05) is 48.5 Å². The maximum atomic E-state index is 13.2. The van der Waals surface area contributed by atoms with Gasteiger partial charge in [0.2, 0.25) is 5.91 Å². The molecule has 0 saturated heterocycles. The Morgan fingerprint density at radius 3 is 2.42 bits per heavy atom. The number of carbonyl (C=O) groups excluding carboxylic acids is 1. The highest BCUT2D eigenvalue weighted by Crippen LogP contribution is 2.35. The van der Waals surface area contributed by atoms with Crippen molar-refractivity contribution in [1.82, 2.24) is 15.4 Å². The van der Waals surface area contributed by atoms with E-state index in [4.69, 9.17) is 0 Å². The highest BCUT2D eigenvalue weighted by atomic mass is 31.2. The van der Waals surface area contributed by atoms with Crippen LogP contribution in [-0.2, 0) is 15.8 Å². The summed E-state index contributed by atoms with van der Waals surface area (Å²) < 4.78 is 11.8. The molecule has 0 aliphatic carbocycles. The summed E-state index contributed by atoms with van der Waals surface area (Å²) in [6.45, 7) is 0.799. The Balaban J connectivity index is 1.88. The number of amides is 1. The van der Waals surface area contributed by atoms with Crippen LogP contribution in [0.1, 0.15) is 24.2 Å². The molecule has 3 aromatic rings. The van der Waals surface area contributed by atoms with Crippen molar-refractivity contribution >= 4 is 24.6 Å². The number of fused-ring (bicyclic) bond motifs is 1. The molecule has 3 atom stereocenters. The van der Waals surface area contributed by atoms with Gasteiger partial charge in [-0.15, -0.1) is 0 Å². The van der Waals surface area contributed by atoms with Crippen LogP contribution >= 0.6 is 7.75 Å². The van der Waals surface area contributed by atoms with E-state index in [1.165, 1.54) is 6.92 Å². The highest BCUT2D eigenvalue weighted by molar-refractivity contribution is 7.49. The van der Waals surface area contributed by atoms with Gasteiger partial charge in [-0.05, 0) is 24.1 Å². The maximum Gasteiger partial charge on any atom is 0.401 e. The summed E-state index contributed by atoms with van der Waals surface area (Å²) in [5.41, 5.74) is 0.263. The topological polar surface area (TPSA) is 155 Å². The predicted octanol–water partition coefficient (Wildman–Crippen LogP) is 1.36. The third-order valence-electron chi connectivity index (χ3n) is 5.15. The van der Waals surface area contributed by atoms with Crippen molar-refractivity contribution in [2.24, 2.45) is 0 Å². The van der Waals surface area contributed by atoms with E-state index >= 15 is 0 Å². The molecule has 1 aromatic heterocycles. The number of aliphatic hydroxyl groups is 2. The fraction of sp³-hybridized carbons (Fsp3) is 0.286. The maximum absolute atomic E-state index is 13.2. The van der Waals surface area contributed by atoms with Crippen molar-refractivity contribution < 1.29 is 29.4 Å². The number of hydrogen-bond acceptors (Lipinski definition) is 4. The summed E-state index contributed by atoms with van der Waals surface area (Å²) in [4.78, 5) is 35.3. The lowest BCUT2D eigenvalue weighted by Crippen LogP contribution is -2.58. The zero-order valence-corrected chi connectivity index (χ0v) is 17.8. The standard InChI is InChI=1S/C21H26N3O6P/c1-21(24-31(28,29)30,11-15-12-22-17-10-6-5-9-16(15)17)20(27)23-18(13-25)19(26)14-7-3-2-4-8-14/h2-10,12,18-19,22,25-26H,11,13H2,1H3,(H,23,27)(H3,24,28,29,30). The minimum Gasteiger partial charge on any atom is -0.394 e. The molecule has 0 aliphatic rings. The number of rotatable bonds is 9. The second-order valence-corrected chi connectivity index (χ2v) is 8.95. The van der Waals surface area contributed by atoms with Crippen molar-refractivity contribution in [2.45, 2.75) is 31.0 Å². The summed E-state index contributed by atoms with van der Waals surface area (Å²) in [6, 6.07) is 14.8. The Bertz CT molecular complexity index is 1080. The normalized spacial score (nSPS) is 15.9. The second-order valence-electron chi connectivity index (χ2n) is 7.64. The van der Waals surface area contributed by atoms with Crippen LogP contribution < -0.4 is 10.4 Å². The molecule has 2 aromatic carbocycles. The van der Waals surface area contributed by atoms with Crippen molar-refractivity contribution in [3.05, 3.63) is 71.9 Å². The molecule has 0 spiro atoms. The summed E-state index contributed by atoms with van der Waals surface area (Å²) >= 11 is 0. The minimum absolute atomic E-state index is 0.0481. The van der Waals surface area contributed by atoms with Crippen LogP contribution in [-0.4, -0.2) is 49.1 Å². The minimum atomic E-state index is -4.80. The fourth-order valence-electron chi connectivity index (χ4n) is 3.59. The molecule has 0 bridgehead atoms. The molecule has 166 valence electrons. The number of aromatic amines is 1. The number of aromatic nitrogens is 1. The van der Waals surface area contributed by atoms with E-state index in [0.717, 1.165) is 10.9 Å². The Morgan fingerprint density at radius 1 is 1.13 bits per heavy atom. The van der Waals surface area contributed by atoms with E-state index in [1.54, 1.807) is 36.5 Å². The van der Waals surface area contributed by atoms with E-state index in [-0.39, 0.29) is 6.42 Å². The lowest BCUT2D eigenvalue weighted by atomic mass is 9.91. The first-order chi connectivity index (χ1) is 14.6. The van der Waals surface area contributed by atoms with Crippen molar-refractivity contribution in [3.63, 3.8) is 0 Å². The Hall–Kier alpha value is -2.52. The van der Waals surface area contributed by atoms with Gasteiger partial charge >= 0.3 is 7.75 Å². The molecule has 3 unspecified atom stereocenters. The summed E-state index contributed by atoms with van der Waals surface area (Å²) in [5, 5.41) is 25.8. The number of carbonyl (C=O) groups is 1. The first kappa shape index (κ1) is 23.1. The van der Waals surface area contributed by atoms with Gasteiger partial charge in [-0.2, -0.15) is 0 Å². The second kappa shape index (κ2) is 9.32. The van der Waals surface area contributed by atoms with Gasteiger partial charge < -0.3 is 30.3 Å². The molecule has 0 aliphatic heterocycles. The third-order valence-corrected chi connectivity index (χ3v) is 5.93. The van der Waals surface area contributed by atoms with Crippen LogP contribution in [0, 0.1) is 0 Å². The zero-order valence-electron chi connectivity index (χ0n) is 16.9. The monoisotopic (exact) mass is 447 g/mol. The van der Waals surface area contributed by atoms with Crippen molar-refractivity contribution in [2.75, 3.05) is 6.61 Å². The van der Waals surface area contributed by atoms with Crippen LogP contribution in [0.25, 0.3) is 10.9 Å². The number of hydrogen-bond donors (Lipinski definition) is 7. The van der Waals surface area contributed by atoms with Gasteiger partial charge in [-0.25, -0.2) is 9.65 Å². The number of H-pyrrole nitrogens is 1. The first-order valence-electron chi connectivity index (χ1n) is 9.68. The number of benzene rings is 2. The molecule has 7 N–H and O–H groups in total. The quantitative estimate of drug-likeness (QED) is 0.244. The third kappa shape index (κ3) is 5.59. The molecule has 0 radical (unpaired) electrons. The molecule has 10 heteroatoms. The summed E-state index contributed by atoms with van der Waals surface area (Å²) in [5.74, 6) is -0.768. The van der Waals surface area contributed by atoms with E-state index in [9.17, 15) is 29.4 Å². The molecule has 1 heterocycles. The van der Waals surface area contributed by atoms with Crippen LogP contribution in [0.5, 0.6) is 0 Å². The largest absolute Gasteiger partial charge is 0.401 e. The molecule has 9 nitrogen and oxygen atoms in total. The van der Waals surface area contributed by atoms with E-state index in [2.05, 4.69) is 15.4 Å². The molecular formula is C21H26N3O6P. The van der Waals surface area contributed by atoms with Crippen molar-refractivity contribution in [3.8, 4) is 0 Å². The highest BCUT2D eigenvalue weighted by Gasteiger charge is 2.40. The number of para-hydroxylation sites is 1. The van der Waals surface area contributed by atoms with Gasteiger partial charge in [0.15, 0.2) is 0 Å². The Kier molecular flexibility index (Phi) is 6.96. The number of nitrogens with one attached hydrogen (secondary N) is 3. The Labute approximate surface area is 179 Å². The SMILES string of the molecule is CC(Cc1c[nH]c2ccccc12)(NP(=O)(O)O)C(=O)NC(CO)C(O)c1ccccc1. The van der Waals surface area contributed by atoms with Crippen LogP contribution in [0.4, 0.5) is 0 Å². The van der Waals surface area contributed by atoms with Crippen molar-refractivity contribution in [1.29, 1.82) is 0 Å². The van der Waals surface area contributed by atoms with Crippen LogP contribution in [0.15, 0.2) is 60.8 Å². The molecule has 3 rings (SSSR count). The van der Waals surface area contributed by atoms with Crippen LogP contribution in [0.2, 0.25) is 0 Å². The molecule has 1 amide bonds. The van der Waals surface area contributed by atoms with Gasteiger partial charge in [0.1, 0.15) is 11.6 Å². The van der Waals surface area contributed by atoms with E-state index in [1.807, 2.05) is 24.3 Å². The smallest absolute Gasteiger partial charge is 0.394 e. The average Bonchev–Trinajstić information content (AvgIpc) is 3.13. The zero-order chi connectivity index (χ0) is 22.6. The lowest BCUT2D eigenvalue weighted by molar-refractivity contribution is -0.128. The molecule has 0 fully saturated rings. The molecular weight excluding hydrogens is 421 g/mol. The average molecular weight is 447 g/mol. The van der Waals surface area contributed by atoms with Gasteiger partial charge in [0.05, 0.1) is 12.6 Å². The Morgan fingerprint density at radius 2 is 1.77 bits per heavy atom. The van der Waals surface area contributed by atoms with E-state index < -0.39 is 37.9 Å². The van der Waals surface area contributed by atoms with Gasteiger partial charge in [-0.3, -0.25) is 4.79 Å². The van der Waals surface area contributed by atoms with Gasteiger partial charge in [0.25, 0.3) is 0 Å². The predicted molar refractivity (Wildman–Crippen MR) is 116 cm³/mol. The molecule has 31 heavy (non-hydrogen) atoms. The fourth-order valence-corrected chi connectivity index (χ4v) is 4.41. The first-order valence-corrected chi connectivity index (χ1v) is 11.3. The lowest BCUT2D eigenvalue weighted by Gasteiger charge is -2.32.